The summed E-state index contributed by atoms with van der Waals surface area (Å²) in [6, 6.07) is 2.16. The van der Waals surface area contributed by atoms with E-state index in [0.29, 0.717) is 12.6 Å². The van der Waals surface area contributed by atoms with Crippen LogP contribution in [0.3, 0.4) is 0 Å². The quantitative estimate of drug-likeness (QED) is 0.859. The van der Waals surface area contributed by atoms with E-state index < -0.39 is 0 Å². The minimum absolute atomic E-state index is 0.0594. The van der Waals surface area contributed by atoms with Crippen molar-refractivity contribution in [2.24, 2.45) is 0 Å². The number of aromatic nitrogens is 3. The number of anilines is 1. The highest BCUT2D eigenvalue weighted by Gasteiger charge is 2.30. The molecule has 5 nitrogen and oxygen atoms in total. The lowest BCUT2D eigenvalue weighted by Crippen LogP contribution is -2.37. The highest BCUT2D eigenvalue weighted by Crippen LogP contribution is 2.36. The van der Waals surface area contributed by atoms with Crippen LogP contribution in [0.25, 0.3) is 0 Å². The molecule has 1 fully saturated rings. The van der Waals surface area contributed by atoms with Gasteiger partial charge in [0.2, 0.25) is 0 Å². The molecule has 1 atom stereocenters. The second-order valence-corrected chi connectivity index (χ2v) is 8.26. The minimum Gasteiger partial charge on any atom is -0.343 e. The first-order valence-electron chi connectivity index (χ1n) is 9.13. The number of hydrogen-bond acceptors (Lipinski definition) is 5. The topological polar surface area (TPSA) is 51.0 Å². The number of fused-ring (bicyclic) bond motifs is 2. The van der Waals surface area contributed by atoms with E-state index >= 15 is 0 Å². The van der Waals surface area contributed by atoms with E-state index in [4.69, 9.17) is 4.98 Å². The third-order valence-corrected chi connectivity index (χ3v) is 6.81. The van der Waals surface area contributed by atoms with Gasteiger partial charge in [0, 0.05) is 17.5 Å². The SMILES string of the molecule is O=c1cc2c(nn1CC1CCCN1c1nc3c(s1)CCC3)CCC2. The molecule has 126 valence electrons. The van der Waals surface area contributed by atoms with Crippen molar-refractivity contribution in [2.75, 3.05) is 11.4 Å². The van der Waals surface area contributed by atoms with E-state index in [-0.39, 0.29) is 5.56 Å². The molecule has 0 spiro atoms. The zero-order chi connectivity index (χ0) is 16.1. The Morgan fingerprint density at radius 2 is 2.00 bits per heavy atom. The van der Waals surface area contributed by atoms with Crippen LogP contribution in [0.2, 0.25) is 0 Å². The van der Waals surface area contributed by atoms with Gasteiger partial charge in [0.15, 0.2) is 5.13 Å². The van der Waals surface area contributed by atoms with Crippen LogP contribution in [0, 0.1) is 0 Å². The fourth-order valence-electron chi connectivity index (χ4n) is 4.35. The minimum atomic E-state index is 0.0594. The average molecular weight is 342 g/mol. The van der Waals surface area contributed by atoms with E-state index in [1.807, 2.05) is 17.4 Å². The van der Waals surface area contributed by atoms with Crippen LogP contribution in [0.4, 0.5) is 5.13 Å². The Morgan fingerprint density at radius 3 is 2.92 bits per heavy atom. The van der Waals surface area contributed by atoms with Crippen molar-refractivity contribution < 1.29 is 0 Å². The summed E-state index contributed by atoms with van der Waals surface area (Å²) < 4.78 is 1.70. The molecule has 0 aromatic carbocycles. The average Bonchev–Trinajstić information content (AvgIpc) is 3.29. The fourth-order valence-corrected chi connectivity index (χ4v) is 5.59. The van der Waals surface area contributed by atoms with Crippen molar-refractivity contribution in [3.05, 3.63) is 38.2 Å². The summed E-state index contributed by atoms with van der Waals surface area (Å²) in [6.07, 6.45) is 9.04. The van der Waals surface area contributed by atoms with E-state index in [2.05, 4.69) is 10.00 Å². The molecular formula is C18H22N4OS. The third-order valence-electron chi connectivity index (χ3n) is 5.61. The smallest absolute Gasteiger partial charge is 0.267 e. The van der Waals surface area contributed by atoms with E-state index in [1.165, 1.54) is 29.8 Å². The molecule has 24 heavy (non-hydrogen) atoms. The second kappa shape index (κ2) is 5.69. The summed E-state index contributed by atoms with van der Waals surface area (Å²) in [7, 11) is 0. The second-order valence-electron chi connectivity index (χ2n) is 7.20. The number of nitrogens with zero attached hydrogens (tertiary/aromatic N) is 4. The molecular weight excluding hydrogens is 320 g/mol. The maximum Gasteiger partial charge on any atom is 0.267 e. The Bertz CT molecular complexity index is 819. The fraction of sp³-hybridized carbons (Fsp3) is 0.611. The third kappa shape index (κ3) is 2.39. The van der Waals surface area contributed by atoms with E-state index in [0.717, 1.165) is 55.0 Å². The van der Waals surface area contributed by atoms with Gasteiger partial charge in [-0.3, -0.25) is 4.79 Å². The van der Waals surface area contributed by atoms with Crippen molar-refractivity contribution >= 4 is 16.5 Å². The molecule has 2 aliphatic carbocycles. The molecule has 0 amide bonds. The largest absolute Gasteiger partial charge is 0.343 e. The van der Waals surface area contributed by atoms with Gasteiger partial charge in [-0.05, 0) is 56.9 Å². The van der Waals surface area contributed by atoms with Crippen molar-refractivity contribution in [1.82, 2.24) is 14.8 Å². The zero-order valence-corrected chi connectivity index (χ0v) is 14.6. The summed E-state index contributed by atoms with van der Waals surface area (Å²) in [5.74, 6) is 0. The van der Waals surface area contributed by atoms with Crippen LogP contribution in [-0.4, -0.2) is 27.4 Å². The standard InChI is InChI=1S/C18H22N4OS/c23-17-10-12-4-1-6-14(12)20-22(17)11-13-5-3-9-21(13)18-19-15-7-2-8-16(15)24-18/h10,13H,1-9,11H2. The Hall–Kier alpha value is -1.69. The van der Waals surface area contributed by atoms with Gasteiger partial charge in [-0.1, -0.05) is 0 Å². The van der Waals surface area contributed by atoms with E-state index in [9.17, 15) is 4.79 Å². The summed E-state index contributed by atoms with van der Waals surface area (Å²) in [5, 5.41) is 5.82. The van der Waals surface area contributed by atoms with Gasteiger partial charge in [0.1, 0.15) is 0 Å². The molecule has 0 bridgehead atoms. The molecule has 3 aliphatic rings. The normalized spacial score (nSPS) is 22.2. The molecule has 1 unspecified atom stereocenters. The Kier molecular flexibility index (Phi) is 3.47. The lowest BCUT2D eigenvalue weighted by Gasteiger charge is -2.24. The molecule has 2 aromatic heterocycles. The van der Waals surface area contributed by atoms with Gasteiger partial charge in [-0.25, -0.2) is 9.67 Å². The van der Waals surface area contributed by atoms with Gasteiger partial charge >= 0.3 is 0 Å². The molecule has 1 saturated heterocycles. The maximum atomic E-state index is 12.4. The first-order valence-corrected chi connectivity index (χ1v) is 9.95. The summed E-state index contributed by atoms with van der Waals surface area (Å²) >= 11 is 1.86. The first kappa shape index (κ1) is 14.6. The lowest BCUT2D eigenvalue weighted by atomic mass is 10.2. The number of rotatable bonds is 3. The molecule has 6 heteroatoms. The van der Waals surface area contributed by atoms with Crippen molar-refractivity contribution in [3.63, 3.8) is 0 Å². The lowest BCUT2D eigenvalue weighted by molar-refractivity contribution is 0.483. The van der Waals surface area contributed by atoms with Gasteiger partial charge < -0.3 is 4.90 Å². The van der Waals surface area contributed by atoms with Crippen LogP contribution >= 0.6 is 11.3 Å². The van der Waals surface area contributed by atoms with Crippen LogP contribution in [0.5, 0.6) is 0 Å². The van der Waals surface area contributed by atoms with Crippen molar-refractivity contribution in [1.29, 1.82) is 0 Å². The van der Waals surface area contributed by atoms with Crippen LogP contribution in [0.1, 0.15) is 47.5 Å². The molecule has 1 aliphatic heterocycles. The van der Waals surface area contributed by atoms with Gasteiger partial charge in [0.25, 0.3) is 5.56 Å². The van der Waals surface area contributed by atoms with Crippen molar-refractivity contribution in [2.45, 2.75) is 64.0 Å². The predicted octanol–water partition coefficient (Wildman–Crippen LogP) is 2.35. The van der Waals surface area contributed by atoms with E-state index in [1.54, 1.807) is 4.68 Å². The highest BCUT2D eigenvalue weighted by atomic mass is 32.1. The summed E-state index contributed by atoms with van der Waals surface area (Å²) in [5.41, 5.74) is 3.67. The Morgan fingerprint density at radius 1 is 1.12 bits per heavy atom. The van der Waals surface area contributed by atoms with Crippen LogP contribution < -0.4 is 10.5 Å². The highest BCUT2D eigenvalue weighted by molar-refractivity contribution is 7.15. The molecule has 2 aromatic rings. The number of thiazole rings is 1. The molecule has 5 rings (SSSR count). The monoisotopic (exact) mass is 342 g/mol. The first-order chi connectivity index (χ1) is 11.8. The van der Waals surface area contributed by atoms with Crippen LogP contribution in [-0.2, 0) is 32.2 Å². The van der Waals surface area contributed by atoms with Gasteiger partial charge in [-0.15, -0.1) is 11.3 Å². The number of hydrogen-bond donors (Lipinski definition) is 0. The number of aryl methyl sites for hydroxylation is 4. The van der Waals surface area contributed by atoms with Gasteiger partial charge in [0.05, 0.1) is 24.0 Å². The predicted molar refractivity (Wildman–Crippen MR) is 95.0 cm³/mol. The maximum absolute atomic E-state index is 12.4. The molecule has 0 N–H and O–H groups in total. The molecule has 0 saturated carbocycles. The Labute approximate surface area is 145 Å². The molecule has 3 heterocycles. The Balaban J connectivity index is 1.41. The van der Waals surface area contributed by atoms with Gasteiger partial charge in [-0.2, -0.15) is 5.10 Å². The zero-order valence-electron chi connectivity index (χ0n) is 13.8. The van der Waals surface area contributed by atoms with Crippen LogP contribution in [0.15, 0.2) is 10.9 Å². The summed E-state index contributed by atoms with van der Waals surface area (Å²) in [6.45, 7) is 1.74. The summed E-state index contributed by atoms with van der Waals surface area (Å²) in [4.78, 5) is 21.2. The molecule has 0 radical (unpaired) electrons. The van der Waals surface area contributed by atoms with Crippen molar-refractivity contribution in [3.8, 4) is 0 Å².